The van der Waals surface area contributed by atoms with Crippen LogP contribution in [0.3, 0.4) is 0 Å². The van der Waals surface area contributed by atoms with Crippen molar-refractivity contribution in [2.24, 2.45) is 0 Å². The zero-order valence-electron chi connectivity index (χ0n) is 22.3. The van der Waals surface area contributed by atoms with Crippen LogP contribution in [-0.4, -0.2) is 29.2 Å². The lowest BCUT2D eigenvalue weighted by atomic mass is 10.1. The lowest BCUT2D eigenvalue weighted by Gasteiger charge is -2.20. The fourth-order valence-electron chi connectivity index (χ4n) is 4.38. The number of nitrogens with one attached hydrogen (secondary N) is 2. The van der Waals surface area contributed by atoms with Crippen molar-refractivity contribution in [1.29, 1.82) is 0 Å². The van der Waals surface area contributed by atoms with Gasteiger partial charge in [-0.15, -0.1) is 0 Å². The van der Waals surface area contributed by atoms with E-state index in [1.165, 1.54) is 16.8 Å². The molecule has 1 aliphatic heterocycles. The van der Waals surface area contributed by atoms with Gasteiger partial charge in [-0.05, 0) is 63.8 Å². The number of aromatic nitrogens is 2. The Balaban J connectivity index is 2.18. The van der Waals surface area contributed by atoms with Gasteiger partial charge >= 0.3 is 0 Å². The second kappa shape index (κ2) is 13.0. The van der Waals surface area contributed by atoms with E-state index < -0.39 is 0 Å². The molecule has 0 bridgehead atoms. The first-order chi connectivity index (χ1) is 17.0. The van der Waals surface area contributed by atoms with Crippen LogP contribution in [0, 0.1) is 0 Å². The molecular formula is C30H42N4O. The average Bonchev–Trinajstić information content (AvgIpc) is 3.26. The number of anilines is 1. The van der Waals surface area contributed by atoms with Gasteiger partial charge in [0.05, 0.1) is 29.0 Å². The van der Waals surface area contributed by atoms with Crippen LogP contribution in [-0.2, 0) is 11.2 Å². The summed E-state index contributed by atoms with van der Waals surface area (Å²) in [6.45, 7) is 15.2. The van der Waals surface area contributed by atoms with E-state index in [0.717, 1.165) is 60.6 Å². The van der Waals surface area contributed by atoms with E-state index in [1.807, 2.05) is 13.8 Å². The molecule has 0 fully saturated rings. The molecule has 0 saturated heterocycles. The van der Waals surface area contributed by atoms with Crippen molar-refractivity contribution in [2.45, 2.75) is 66.8 Å². The van der Waals surface area contributed by atoms with Crippen molar-refractivity contribution in [3.8, 4) is 0 Å². The number of rotatable bonds is 12. The highest BCUT2D eigenvalue weighted by Crippen LogP contribution is 2.34. The van der Waals surface area contributed by atoms with Crippen LogP contribution in [0.4, 0.5) is 5.69 Å². The minimum Gasteiger partial charge on any atom is -0.498 e. The number of dihydropyridines is 1. The van der Waals surface area contributed by atoms with E-state index in [-0.39, 0.29) is 0 Å². The molecule has 0 radical (unpaired) electrons. The summed E-state index contributed by atoms with van der Waals surface area (Å²) in [6.07, 6.45) is 17.9. The van der Waals surface area contributed by atoms with Crippen molar-refractivity contribution in [2.75, 3.05) is 25.0 Å². The van der Waals surface area contributed by atoms with Gasteiger partial charge in [0, 0.05) is 36.6 Å². The Labute approximate surface area is 211 Å². The molecule has 3 heterocycles. The highest BCUT2D eigenvalue weighted by Gasteiger charge is 2.19. The minimum atomic E-state index is 0.394. The smallest absolute Gasteiger partial charge is 0.102 e. The Hall–Kier alpha value is -3.21. The van der Waals surface area contributed by atoms with Crippen LogP contribution < -0.4 is 10.6 Å². The summed E-state index contributed by atoms with van der Waals surface area (Å²) in [5, 5.41) is 7.04. The molecular weight excluding hydrogens is 432 g/mol. The number of ether oxygens (including phenoxy) is 1. The van der Waals surface area contributed by atoms with Gasteiger partial charge in [0.25, 0.3) is 0 Å². The first kappa shape index (κ1) is 26.4. The number of allylic oxidation sites excluding steroid dienone is 6. The Kier molecular flexibility index (Phi) is 9.83. The summed E-state index contributed by atoms with van der Waals surface area (Å²) in [6, 6.07) is 4.84. The van der Waals surface area contributed by atoms with E-state index in [1.54, 1.807) is 0 Å². The number of hydrogen-bond acceptors (Lipinski definition) is 4. The van der Waals surface area contributed by atoms with Crippen LogP contribution in [0.1, 0.15) is 71.8 Å². The van der Waals surface area contributed by atoms with Crippen LogP contribution in [0.15, 0.2) is 66.1 Å². The zero-order chi connectivity index (χ0) is 25.2. The molecule has 1 aliphatic rings. The molecule has 5 heteroatoms. The number of hydrogen-bond donors (Lipinski definition) is 2. The molecule has 0 saturated carbocycles. The predicted molar refractivity (Wildman–Crippen MR) is 151 cm³/mol. The standard InChI is InChI=1S/C30H42N4O/c1-7-11-12-13-16-26(23(6)35-10-4)27-19-28(32-21-24-15-14-17-31-20-24)30-29(33-27)18-25(9-3)34(30)22(5)8-2/h11-16,18-20,22,31H,7-10,17,21H2,1-6H3,(H,32,33)/b12-11+,16-13-,26-23-. The highest BCUT2D eigenvalue weighted by atomic mass is 16.5. The summed E-state index contributed by atoms with van der Waals surface area (Å²) in [7, 11) is 0. The van der Waals surface area contributed by atoms with E-state index >= 15 is 0 Å². The molecule has 0 amide bonds. The molecule has 2 aromatic heterocycles. The Morgan fingerprint density at radius 2 is 2.06 bits per heavy atom. The van der Waals surface area contributed by atoms with E-state index in [2.05, 4.69) is 97.7 Å². The third-order valence-electron chi connectivity index (χ3n) is 6.37. The predicted octanol–water partition coefficient (Wildman–Crippen LogP) is 7.31. The van der Waals surface area contributed by atoms with Crippen LogP contribution in [0.25, 0.3) is 16.6 Å². The molecule has 1 atom stereocenters. The maximum atomic E-state index is 5.94. The van der Waals surface area contributed by atoms with Gasteiger partial charge in [0.1, 0.15) is 5.76 Å². The van der Waals surface area contributed by atoms with E-state index in [0.29, 0.717) is 12.6 Å². The number of fused-ring (bicyclic) bond motifs is 1. The quantitative estimate of drug-likeness (QED) is 0.250. The van der Waals surface area contributed by atoms with Crippen LogP contribution in [0.2, 0.25) is 0 Å². The van der Waals surface area contributed by atoms with E-state index in [4.69, 9.17) is 9.72 Å². The maximum absolute atomic E-state index is 5.94. The summed E-state index contributed by atoms with van der Waals surface area (Å²) in [5.74, 6) is 0.880. The lowest BCUT2D eigenvalue weighted by molar-refractivity contribution is 0.233. The van der Waals surface area contributed by atoms with Gasteiger partial charge < -0.3 is 19.9 Å². The van der Waals surface area contributed by atoms with Crippen molar-refractivity contribution in [3.63, 3.8) is 0 Å². The SMILES string of the molecule is CC/C=C/C=C\C(=C(/C)OCC)c1cc(NCC2=CNCC=C2)c2c(cc(CC)n2C(C)CC)n1. The fraction of sp³-hybridized carbons (Fsp3) is 0.433. The molecule has 1 unspecified atom stereocenters. The summed E-state index contributed by atoms with van der Waals surface area (Å²) in [4.78, 5) is 5.16. The molecule has 2 N–H and O–H groups in total. The Morgan fingerprint density at radius 3 is 2.71 bits per heavy atom. The summed E-state index contributed by atoms with van der Waals surface area (Å²) in [5.41, 5.74) is 7.76. The van der Waals surface area contributed by atoms with Gasteiger partial charge in [-0.1, -0.05) is 51.2 Å². The van der Waals surface area contributed by atoms with Crippen molar-refractivity contribution < 1.29 is 4.74 Å². The molecule has 188 valence electrons. The first-order valence-electron chi connectivity index (χ1n) is 13.1. The Bertz CT molecular complexity index is 1150. The van der Waals surface area contributed by atoms with Gasteiger partial charge in [-0.25, -0.2) is 4.98 Å². The van der Waals surface area contributed by atoms with Gasteiger partial charge in [0.2, 0.25) is 0 Å². The average molecular weight is 475 g/mol. The molecule has 0 spiro atoms. The number of aryl methyl sites for hydroxylation is 1. The zero-order valence-corrected chi connectivity index (χ0v) is 22.3. The first-order valence-corrected chi connectivity index (χ1v) is 13.1. The fourth-order valence-corrected chi connectivity index (χ4v) is 4.38. The second-order valence-electron chi connectivity index (χ2n) is 8.89. The lowest BCUT2D eigenvalue weighted by Crippen LogP contribution is -2.15. The second-order valence-corrected chi connectivity index (χ2v) is 8.89. The molecule has 0 aromatic carbocycles. The van der Waals surface area contributed by atoms with Crippen LogP contribution in [0.5, 0.6) is 0 Å². The molecule has 0 aliphatic carbocycles. The van der Waals surface area contributed by atoms with Crippen LogP contribution >= 0.6 is 0 Å². The van der Waals surface area contributed by atoms with Gasteiger partial charge in [-0.2, -0.15) is 0 Å². The summed E-state index contributed by atoms with van der Waals surface area (Å²) < 4.78 is 8.41. The van der Waals surface area contributed by atoms with Crippen molar-refractivity contribution in [3.05, 3.63) is 77.5 Å². The Morgan fingerprint density at radius 1 is 1.23 bits per heavy atom. The third-order valence-corrected chi connectivity index (χ3v) is 6.37. The summed E-state index contributed by atoms with van der Waals surface area (Å²) >= 11 is 0. The maximum Gasteiger partial charge on any atom is 0.102 e. The molecule has 5 nitrogen and oxygen atoms in total. The molecule has 3 rings (SSSR count). The highest BCUT2D eigenvalue weighted by molar-refractivity contribution is 5.93. The monoisotopic (exact) mass is 474 g/mol. The number of pyridine rings is 1. The molecule has 35 heavy (non-hydrogen) atoms. The topological polar surface area (TPSA) is 51.1 Å². The van der Waals surface area contributed by atoms with Gasteiger partial charge in [0.15, 0.2) is 0 Å². The van der Waals surface area contributed by atoms with Crippen molar-refractivity contribution >= 4 is 22.3 Å². The largest absolute Gasteiger partial charge is 0.498 e. The third kappa shape index (κ3) is 6.47. The minimum absolute atomic E-state index is 0.394. The molecule has 2 aromatic rings. The van der Waals surface area contributed by atoms with Crippen molar-refractivity contribution in [1.82, 2.24) is 14.9 Å². The number of nitrogens with zero attached hydrogens (tertiary/aromatic N) is 2. The van der Waals surface area contributed by atoms with Gasteiger partial charge in [-0.3, -0.25) is 0 Å². The van der Waals surface area contributed by atoms with E-state index in [9.17, 15) is 0 Å². The normalized spacial score (nSPS) is 15.4.